The van der Waals surface area contributed by atoms with Crippen molar-refractivity contribution in [2.24, 2.45) is 5.92 Å². The van der Waals surface area contributed by atoms with Crippen molar-refractivity contribution < 1.29 is 0 Å². The summed E-state index contributed by atoms with van der Waals surface area (Å²) in [6.07, 6.45) is 2.36. The second-order valence-corrected chi connectivity index (χ2v) is 6.58. The van der Waals surface area contributed by atoms with Gasteiger partial charge in [-0.3, -0.25) is 0 Å². The van der Waals surface area contributed by atoms with Crippen LogP contribution < -0.4 is 5.32 Å². The van der Waals surface area contributed by atoms with Gasteiger partial charge in [0.1, 0.15) is 0 Å². The molecule has 2 aromatic rings. The van der Waals surface area contributed by atoms with Gasteiger partial charge in [-0.2, -0.15) is 11.8 Å². The Morgan fingerprint density at radius 2 is 1.80 bits per heavy atom. The lowest BCUT2D eigenvalue weighted by Gasteiger charge is -2.15. The molecule has 2 heteroatoms. The van der Waals surface area contributed by atoms with E-state index >= 15 is 0 Å². The molecule has 20 heavy (non-hydrogen) atoms. The fraction of sp³-hybridized carbons (Fsp3) is 0.333. The smallest absolute Gasteiger partial charge is 0.0376 e. The topological polar surface area (TPSA) is 12.0 Å². The predicted molar refractivity (Wildman–Crippen MR) is 89.6 cm³/mol. The monoisotopic (exact) mass is 283 g/mol. The molecule has 1 fully saturated rings. The summed E-state index contributed by atoms with van der Waals surface area (Å²) in [4.78, 5) is 0. The molecule has 1 unspecified atom stereocenters. The van der Waals surface area contributed by atoms with Gasteiger partial charge < -0.3 is 5.32 Å². The van der Waals surface area contributed by atoms with Gasteiger partial charge in [-0.1, -0.05) is 48.5 Å². The average Bonchev–Trinajstić information content (AvgIpc) is 3.01. The van der Waals surface area contributed by atoms with Gasteiger partial charge in [-0.15, -0.1) is 0 Å². The van der Waals surface area contributed by atoms with Crippen LogP contribution in [0.5, 0.6) is 0 Å². The highest BCUT2D eigenvalue weighted by Crippen LogP contribution is 2.25. The van der Waals surface area contributed by atoms with E-state index in [1.165, 1.54) is 34.7 Å². The van der Waals surface area contributed by atoms with E-state index in [-0.39, 0.29) is 0 Å². The van der Waals surface area contributed by atoms with Crippen LogP contribution >= 0.6 is 11.8 Å². The van der Waals surface area contributed by atoms with Crippen molar-refractivity contribution in [3.05, 3.63) is 65.7 Å². The normalized spacial score (nSPS) is 18.1. The fourth-order valence-electron chi connectivity index (χ4n) is 2.66. The number of nitrogens with one attached hydrogen (secondary N) is 1. The number of anilines is 1. The lowest BCUT2D eigenvalue weighted by Crippen LogP contribution is -2.14. The summed E-state index contributed by atoms with van der Waals surface area (Å²) < 4.78 is 0. The fourth-order valence-corrected chi connectivity index (χ4v) is 3.95. The SMILES string of the molecule is c1ccc(Cc2ccccc2NCC2CCSC2)cc1. The number of hydrogen-bond donors (Lipinski definition) is 1. The largest absolute Gasteiger partial charge is 0.385 e. The van der Waals surface area contributed by atoms with Crippen molar-refractivity contribution in [3.8, 4) is 0 Å². The van der Waals surface area contributed by atoms with Gasteiger partial charge >= 0.3 is 0 Å². The molecule has 0 saturated carbocycles. The number of hydrogen-bond acceptors (Lipinski definition) is 2. The number of benzene rings is 2. The van der Waals surface area contributed by atoms with Gasteiger partial charge in [0.2, 0.25) is 0 Å². The third kappa shape index (κ3) is 3.57. The molecular formula is C18H21NS. The molecule has 104 valence electrons. The van der Waals surface area contributed by atoms with Gasteiger partial charge in [0, 0.05) is 12.2 Å². The van der Waals surface area contributed by atoms with Crippen molar-refractivity contribution in [2.45, 2.75) is 12.8 Å². The van der Waals surface area contributed by atoms with Crippen molar-refractivity contribution >= 4 is 17.4 Å². The minimum atomic E-state index is 0.838. The van der Waals surface area contributed by atoms with E-state index < -0.39 is 0 Å². The van der Waals surface area contributed by atoms with Gasteiger partial charge in [0.15, 0.2) is 0 Å². The Morgan fingerprint density at radius 1 is 1.00 bits per heavy atom. The summed E-state index contributed by atoms with van der Waals surface area (Å²) >= 11 is 2.08. The van der Waals surface area contributed by atoms with Gasteiger partial charge in [-0.05, 0) is 47.5 Å². The Kier molecular flexibility index (Phi) is 4.65. The number of rotatable bonds is 5. The van der Waals surface area contributed by atoms with E-state index in [4.69, 9.17) is 0 Å². The molecule has 1 aliphatic heterocycles. The molecule has 0 amide bonds. The lowest BCUT2D eigenvalue weighted by molar-refractivity contribution is 0.631. The lowest BCUT2D eigenvalue weighted by atomic mass is 10.0. The van der Waals surface area contributed by atoms with Crippen LogP contribution in [0.3, 0.4) is 0 Å². The third-order valence-corrected chi connectivity index (χ3v) is 5.09. The van der Waals surface area contributed by atoms with Crippen LogP contribution in [-0.4, -0.2) is 18.1 Å². The van der Waals surface area contributed by atoms with Crippen LogP contribution in [0.2, 0.25) is 0 Å². The Morgan fingerprint density at radius 3 is 2.60 bits per heavy atom. The minimum absolute atomic E-state index is 0.838. The first-order valence-electron chi connectivity index (χ1n) is 7.35. The molecule has 3 rings (SSSR count). The summed E-state index contributed by atoms with van der Waals surface area (Å²) in [5.41, 5.74) is 4.07. The summed E-state index contributed by atoms with van der Waals surface area (Å²) in [7, 11) is 0. The standard InChI is InChI=1S/C18H21NS/c1-2-6-15(7-3-1)12-17-8-4-5-9-18(17)19-13-16-10-11-20-14-16/h1-9,16,19H,10-14H2. The third-order valence-electron chi connectivity index (χ3n) is 3.86. The van der Waals surface area contributed by atoms with Crippen LogP contribution in [-0.2, 0) is 6.42 Å². The van der Waals surface area contributed by atoms with E-state index in [1.807, 2.05) is 0 Å². The highest BCUT2D eigenvalue weighted by Gasteiger charge is 2.15. The predicted octanol–water partition coefficient (Wildman–Crippen LogP) is 4.44. The molecule has 1 N–H and O–H groups in total. The Labute approximate surface area is 125 Å². The van der Waals surface area contributed by atoms with Crippen LogP contribution in [0.15, 0.2) is 54.6 Å². The molecule has 2 aromatic carbocycles. The second kappa shape index (κ2) is 6.85. The zero-order valence-corrected chi connectivity index (χ0v) is 12.5. The Hall–Kier alpha value is -1.41. The average molecular weight is 283 g/mol. The van der Waals surface area contributed by atoms with E-state index in [9.17, 15) is 0 Å². The van der Waals surface area contributed by atoms with Crippen LogP contribution in [0.25, 0.3) is 0 Å². The Bertz CT molecular complexity index is 532. The quantitative estimate of drug-likeness (QED) is 0.870. The van der Waals surface area contributed by atoms with Crippen molar-refractivity contribution in [1.82, 2.24) is 0 Å². The number of para-hydroxylation sites is 1. The van der Waals surface area contributed by atoms with Crippen LogP contribution in [0.1, 0.15) is 17.5 Å². The van der Waals surface area contributed by atoms with E-state index in [0.717, 1.165) is 18.9 Å². The summed E-state index contributed by atoms with van der Waals surface area (Å²) in [6, 6.07) is 19.4. The Balaban J connectivity index is 1.67. The van der Waals surface area contributed by atoms with E-state index in [0.29, 0.717) is 0 Å². The number of thioether (sulfide) groups is 1. The molecule has 1 atom stereocenters. The molecule has 1 saturated heterocycles. The van der Waals surface area contributed by atoms with Crippen LogP contribution in [0.4, 0.5) is 5.69 Å². The first kappa shape index (κ1) is 13.6. The van der Waals surface area contributed by atoms with Crippen molar-refractivity contribution in [3.63, 3.8) is 0 Å². The first-order chi connectivity index (χ1) is 9.92. The minimum Gasteiger partial charge on any atom is -0.385 e. The van der Waals surface area contributed by atoms with E-state index in [2.05, 4.69) is 71.7 Å². The van der Waals surface area contributed by atoms with Gasteiger partial charge in [0.25, 0.3) is 0 Å². The molecule has 0 spiro atoms. The van der Waals surface area contributed by atoms with Crippen molar-refractivity contribution in [1.29, 1.82) is 0 Å². The van der Waals surface area contributed by atoms with E-state index in [1.54, 1.807) is 0 Å². The molecule has 1 heterocycles. The highest BCUT2D eigenvalue weighted by molar-refractivity contribution is 7.99. The summed E-state index contributed by atoms with van der Waals surface area (Å²) in [5.74, 6) is 3.48. The zero-order valence-electron chi connectivity index (χ0n) is 11.7. The second-order valence-electron chi connectivity index (χ2n) is 5.43. The summed E-state index contributed by atoms with van der Waals surface area (Å²) in [5, 5.41) is 3.66. The van der Waals surface area contributed by atoms with Gasteiger partial charge in [0.05, 0.1) is 0 Å². The molecule has 0 aliphatic carbocycles. The maximum absolute atomic E-state index is 3.66. The molecule has 1 aliphatic rings. The first-order valence-corrected chi connectivity index (χ1v) is 8.51. The molecule has 0 radical (unpaired) electrons. The van der Waals surface area contributed by atoms with Gasteiger partial charge in [-0.25, -0.2) is 0 Å². The maximum Gasteiger partial charge on any atom is 0.0376 e. The summed E-state index contributed by atoms with van der Waals surface area (Å²) in [6.45, 7) is 1.11. The maximum atomic E-state index is 3.66. The zero-order chi connectivity index (χ0) is 13.6. The molecule has 0 aromatic heterocycles. The van der Waals surface area contributed by atoms with Crippen molar-refractivity contribution in [2.75, 3.05) is 23.4 Å². The molecule has 0 bridgehead atoms. The van der Waals surface area contributed by atoms with Crippen LogP contribution in [0, 0.1) is 5.92 Å². The molecular weight excluding hydrogens is 262 g/mol. The molecule has 1 nitrogen and oxygen atoms in total. The highest BCUT2D eigenvalue weighted by atomic mass is 32.2.